The number of benzene rings is 4. The van der Waals surface area contributed by atoms with Gasteiger partial charge in [-0.3, -0.25) is 4.90 Å². The first kappa shape index (κ1) is 23.9. The van der Waals surface area contributed by atoms with Crippen LogP contribution in [0.25, 0.3) is 10.9 Å². The van der Waals surface area contributed by atoms with Gasteiger partial charge in [0.25, 0.3) is 0 Å². The minimum Gasteiger partial charge on any atom is -0.493 e. The number of hydrogen-bond donors (Lipinski definition) is 1. The molecule has 0 spiro atoms. The summed E-state index contributed by atoms with van der Waals surface area (Å²) >= 11 is 0. The number of nitrogens with one attached hydrogen (secondary N) is 1. The number of rotatable bonds is 5. The molecule has 1 N–H and O–H groups in total. The Hall–Kier alpha value is -4.16. The molecule has 0 fully saturated rings. The summed E-state index contributed by atoms with van der Waals surface area (Å²) in [5.41, 5.74) is 7.58. The van der Waals surface area contributed by atoms with E-state index in [2.05, 4.69) is 40.2 Å². The second-order valence-electron chi connectivity index (χ2n) is 10.3. The number of aromatic nitrogens is 1. The van der Waals surface area contributed by atoms with Crippen molar-refractivity contribution >= 4 is 10.9 Å². The highest BCUT2D eigenvalue weighted by Gasteiger charge is 2.41. The third kappa shape index (κ3) is 4.07. The largest absolute Gasteiger partial charge is 0.493 e. The summed E-state index contributed by atoms with van der Waals surface area (Å²) < 4.78 is 39.9. The number of nitrogens with zero attached hydrogens (tertiary/aromatic N) is 1. The van der Waals surface area contributed by atoms with E-state index in [0.29, 0.717) is 17.1 Å². The van der Waals surface area contributed by atoms with E-state index in [4.69, 9.17) is 9.47 Å². The molecule has 7 rings (SSSR count). The van der Waals surface area contributed by atoms with E-state index >= 15 is 0 Å². The molecule has 2 aliphatic heterocycles. The van der Waals surface area contributed by atoms with Gasteiger partial charge < -0.3 is 14.5 Å². The van der Waals surface area contributed by atoms with Crippen molar-refractivity contribution in [3.63, 3.8) is 0 Å². The van der Waals surface area contributed by atoms with Gasteiger partial charge in [0.05, 0.1) is 13.2 Å². The summed E-state index contributed by atoms with van der Waals surface area (Å²) in [6.45, 7) is 0.969. The fourth-order valence-corrected chi connectivity index (χ4v) is 6.34. The maximum absolute atomic E-state index is 14.2. The Balaban J connectivity index is 1.30. The molecule has 2 aliphatic rings. The van der Waals surface area contributed by atoms with Crippen molar-refractivity contribution in [2.75, 3.05) is 13.7 Å². The molecule has 3 heterocycles. The van der Waals surface area contributed by atoms with Gasteiger partial charge in [0.15, 0.2) is 11.5 Å². The predicted molar refractivity (Wildman–Crippen MR) is 147 cm³/mol. The Labute approximate surface area is 225 Å². The molecule has 0 saturated carbocycles. The third-order valence-electron chi connectivity index (χ3n) is 8.20. The molecular weight excluding hydrogens is 494 g/mol. The van der Waals surface area contributed by atoms with E-state index < -0.39 is 0 Å². The summed E-state index contributed by atoms with van der Waals surface area (Å²) in [6, 6.07) is 26.2. The summed E-state index contributed by atoms with van der Waals surface area (Å²) in [5.74, 6) is 0.731. The van der Waals surface area contributed by atoms with Gasteiger partial charge in [0, 0.05) is 34.7 Å². The van der Waals surface area contributed by atoms with Gasteiger partial charge in [-0.2, -0.15) is 0 Å². The summed E-state index contributed by atoms with van der Waals surface area (Å²) in [4.78, 5) is 6.21. The first-order valence-corrected chi connectivity index (χ1v) is 13.3. The number of fused-ring (bicyclic) bond motifs is 6. The van der Waals surface area contributed by atoms with Crippen LogP contribution in [0.4, 0.5) is 8.78 Å². The highest BCUT2D eigenvalue weighted by molar-refractivity contribution is 5.85. The average molecular weight is 523 g/mol. The van der Waals surface area contributed by atoms with Crippen LogP contribution in [0, 0.1) is 11.6 Å². The lowest BCUT2D eigenvalue weighted by molar-refractivity contribution is 0.127. The van der Waals surface area contributed by atoms with Crippen molar-refractivity contribution in [3.8, 4) is 11.5 Å². The van der Waals surface area contributed by atoms with Gasteiger partial charge in [-0.1, -0.05) is 48.5 Å². The van der Waals surface area contributed by atoms with Gasteiger partial charge in [-0.05, 0) is 71.5 Å². The SMILES string of the molecule is COc1cc2c(cc1OCc1ccccc1F)CCN1C2Cc2c([nH]c3ccccc23)C1c1ccc(F)cc1. The molecule has 5 aromatic rings. The number of H-pyrrole nitrogens is 1. The molecule has 0 aliphatic carbocycles. The Kier molecular flexibility index (Phi) is 5.85. The number of aromatic amines is 1. The molecule has 6 heteroatoms. The van der Waals surface area contributed by atoms with Crippen LogP contribution in [-0.4, -0.2) is 23.5 Å². The quantitative estimate of drug-likeness (QED) is 0.264. The Morgan fingerprint density at radius 2 is 1.72 bits per heavy atom. The Morgan fingerprint density at radius 1 is 0.923 bits per heavy atom. The van der Waals surface area contributed by atoms with Gasteiger partial charge in [0.2, 0.25) is 0 Å². The second-order valence-corrected chi connectivity index (χ2v) is 10.3. The lowest BCUT2D eigenvalue weighted by Gasteiger charge is -2.46. The van der Waals surface area contributed by atoms with Crippen molar-refractivity contribution in [1.29, 1.82) is 0 Å². The van der Waals surface area contributed by atoms with Crippen molar-refractivity contribution in [2.24, 2.45) is 0 Å². The van der Waals surface area contributed by atoms with Crippen LogP contribution >= 0.6 is 0 Å². The third-order valence-corrected chi connectivity index (χ3v) is 8.20. The van der Waals surface area contributed by atoms with Crippen LogP contribution in [0.1, 0.15) is 45.6 Å². The van der Waals surface area contributed by atoms with E-state index in [-0.39, 0.29) is 30.3 Å². The molecule has 2 unspecified atom stereocenters. The van der Waals surface area contributed by atoms with Crippen LogP contribution in [-0.2, 0) is 19.4 Å². The number of halogens is 2. The van der Waals surface area contributed by atoms with E-state index in [1.807, 2.05) is 18.2 Å². The fraction of sp³-hybridized carbons (Fsp3) is 0.212. The van der Waals surface area contributed by atoms with Crippen LogP contribution in [0.5, 0.6) is 11.5 Å². The number of hydrogen-bond acceptors (Lipinski definition) is 3. The highest BCUT2D eigenvalue weighted by atomic mass is 19.1. The molecule has 39 heavy (non-hydrogen) atoms. The number of para-hydroxylation sites is 1. The van der Waals surface area contributed by atoms with Gasteiger partial charge in [-0.15, -0.1) is 0 Å². The molecule has 0 amide bonds. The van der Waals surface area contributed by atoms with E-state index in [0.717, 1.165) is 30.5 Å². The molecule has 196 valence electrons. The van der Waals surface area contributed by atoms with Gasteiger partial charge >= 0.3 is 0 Å². The lowest BCUT2D eigenvalue weighted by Crippen LogP contribution is -2.43. The molecule has 0 radical (unpaired) electrons. The van der Waals surface area contributed by atoms with Crippen molar-refractivity contribution in [1.82, 2.24) is 9.88 Å². The maximum Gasteiger partial charge on any atom is 0.161 e. The van der Waals surface area contributed by atoms with Crippen LogP contribution in [0.3, 0.4) is 0 Å². The highest BCUT2D eigenvalue weighted by Crippen LogP contribution is 2.49. The summed E-state index contributed by atoms with van der Waals surface area (Å²) in [7, 11) is 1.64. The normalized spacial score (nSPS) is 18.3. The molecular formula is C33H28F2N2O2. The molecule has 0 saturated heterocycles. The second kappa shape index (κ2) is 9.54. The minimum absolute atomic E-state index is 0.0251. The standard InChI is InChI=1S/C33H28F2N2O2/c1-38-30-18-25-21(16-31(30)39-19-22-6-2-4-8-27(22)35)14-15-37-29(25)17-26-24-7-3-5-9-28(24)36-32(26)33(37)20-10-12-23(34)13-11-20/h2-13,16,18,29,33,36H,14-15,17,19H2,1H3. The first-order chi connectivity index (χ1) is 19.1. The van der Waals surface area contributed by atoms with E-state index in [1.165, 1.54) is 33.8 Å². The topological polar surface area (TPSA) is 37.5 Å². The fourth-order valence-electron chi connectivity index (χ4n) is 6.34. The lowest BCUT2D eigenvalue weighted by atomic mass is 9.80. The maximum atomic E-state index is 14.2. The van der Waals surface area contributed by atoms with Crippen molar-refractivity contribution in [3.05, 3.63) is 130 Å². The monoisotopic (exact) mass is 522 g/mol. The predicted octanol–water partition coefficient (Wildman–Crippen LogP) is 7.28. The zero-order chi connectivity index (χ0) is 26.5. The smallest absolute Gasteiger partial charge is 0.161 e. The summed E-state index contributed by atoms with van der Waals surface area (Å²) in [6.07, 6.45) is 1.68. The van der Waals surface area contributed by atoms with Crippen molar-refractivity contribution < 1.29 is 18.3 Å². The summed E-state index contributed by atoms with van der Waals surface area (Å²) in [5, 5.41) is 1.23. The zero-order valence-electron chi connectivity index (χ0n) is 21.6. The molecule has 4 aromatic carbocycles. The number of methoxy groups -OCH3 is 1. The molecule has 4 nitrogen and oxygen atoms in total. The van der Waals surface area contributed by atoms with Crippen molar-refractivity contribution in [2.45, 2.75) is 31.5 Å². The van der Waals surface area contributed by atoms with Gasteiger partial charge in [-0.25, -0.2) is 8.78 Å². The van der Waals surface area contributed by atoms with E-state index in [9.17, 15) is 8.78 Å². The zero-order valence-corrected chi connectivity index (χ0v) is 21.6. The van der Waals surface area contributed by atoms with Crippen LogP contribution in [0.2, 0.25) is 0 Å². The minimum atomic E-state index is -0.284. The average Bonchev–Trinajstić information content (AvgIpc) is 3.34. The van der Waals surface area contributed by atoms with Gasteiger partial charge in [0.1, 0.15) is 18.2 Å². The van der Waals surface area contributed by atoms with E-state index in [1.54, 1.807) is 37.4 Å². The first-order valence-electron chi connectivity index (χ1n) is 13.3. The Morgan fingerprint density at radius 3 is 2.54 bits per heavy atom. The van der Waals surface area contributed by atoms with Crippen LogP contribution < -0.4 is 9.47 Å². The Bertz CT molecular complexity index is 1680. The molecule has 0 bridgehead atoms. The molecule has 2 atom stereocenters. The number of ether oxygens (including phenoxy) is 2. The molecule has 1 aromatic heterocycles. The van der Waals surface area contributed by atoms with Crippen LogP contribution in [0.15, 0.2) is 84.9 Å².